The fourth-order valence-electron chi connectivity index (χ4n) is 3.94. The van der Waals surface area contributed by atoms with Crippen LogP contribution in [0, 0.1) is 0 Å². The molecule has 2 aliphatic heterocycles. The van der Waals surface area contributed by atoms with Crippen molar-refractivity contribution >= 4 is 56.0 Å². The van der Waals surface area contributed by atoms with Crippen molar-refractivity contribution in [2.75, 3.05) is 10.7 Å². The smallest absolute Gasteiger partial charge is 0.190 e. The van der Waals surface area contributed by atoms with Gasteiger partial charge in [-0.05, 0) is 59.5 Å². The predicted octanol–water partition coefficient (Wildman–Crippen LogP) is 5.57. The number of fused-ring (bicyclic) bond motifs is 3. The summed E-state index contributed by atoms with van der Waals surface area (Å²) < 4.78 is 6.65. The van der Waals surface area contributed by atoms with E-state index in [1.54, 1.807) is 11.8 Å². The number of hydrogen-bond donors (Lipinski definition) is 0. The van der Waals surface area contributed by atoms with Crippen LogP contribution in [0.15, 0.2) is 9.63 Å². The van der Waals surface area contributed by atoms with Crippen molar-refractivity contribution in [3.8, 4) is 0 Å². The lowest BCUT2D eigenvalue weighted by atomic mass is 10.0. The molecule has 0 radical (unpaired) electrons. The van der Waals surface area contributed by atoms with E-state index >= 15 is 0 Å². The third kappa shape index (κ3) is 2.85. The SMILES string of the molecule is CCSc1nc(N2C(C)CCC2C)c2c3c(c(Br)c(Cl)c2n1)COC3. The zero-order valence-electron chi connectivity index (χ0n) is 14.6. The van der Waals surface area contributed by atoms with Crippen LogP contribution >= 0.6 is 39.3 Å². The van der Waals surface area contributed by atoms with Crippen LogP contribution in [0.1, 0.15) is 44.7 Å². The van der Waals surface area contributed by atoms with Gasteiger partial charge in [0.2, 0.25) is 0 Å². The summed E-state index contributed by atoms with van der Waals surface area (Å²) in [6, 6.07) is 0.931. The molecule has 2 aliphatic rings. The van der Waals surface area contributed by atoms with Crippen molar-refractivity contribution in [3.63, 3.8) is 0 Å². The van der Waals surface area contributed by atoms with Crippen LogP contribution in [0.5, 0.6) is 0 Å². The molecule has 0 spiro atoms. The molecular weight excluding hydrogens is 422 g/mol. The highest BCUT2D eigenvalue weighted by atomic mass is 79.9. The third-order valence-corrected chi connectivity index (χ3v) is 7.36. The van der Waals surface area contributed by atoms with Crippen LogP contribution < -0.4 is 4.90 Å². The molecule has 7 heteroatoms. The summed E-state index contributed by atoms with van der Waals surface area (Å²) in [4.78, 5) is 12.2. The van der Waals surface area contributed by atoms with E-state index in [9.17, 15) is 0 Å². The van der Waals surface area contributed by atoms with E-state index in [0.717, 1.165) is 37.7 Å². The van der Waals surface area contributed by atoms with Gasteiger partial charge in [0.1, 0.15) is 5.82 Å². The van der Waals surface area contributed by atoms with Crippen LogP contribution in [0.3, 0.4) is 0 Å². The highest BCUT2D eigenvalue weighted by Crippen LogP contribution is 2.45. The Bertz CT molecular complexity index is 837. The van der Waals surface area contributed by atoms with Crippen molar-refractivity contribution in [2.24, 2.45) is 0 Å². The molecule has 0 N–H and O–H groups in total. The number of hydrogen-bond acceptors (Lipinski definition) is 5. The minimum absolute atomic E-state index is 0.466. The number of aromatic nitrogens is 2. The minimum Gasteiger partial charge on any atom is -0.372 e. The number of ether oxygens (including phenoxy) is 1. The standard InChI is InChI=1S/C18H21BrClN3OS/c1-4-25-18-21-16-13(11-7-24-8-12(11)14(19)15(16)20)17(22-18)23-9(2)5-6-10(23)3/h9-10H,4-8H2,1-3H3. The van der Waals surface area contributed by atoms with Crippen molar-refractivity contribution in [1.82, 2.24) is 9.97 Å². The molecule has 2 aromatic rings. The monoisotopic (exact) mass is 441 g/mol. The summed E-state index contributed by atoms with van der Waals surface area (Å²) in [6.07, 6.45) is 2.37. The van der Waals surface area contributed by atoms with Crippen LogP contribution in [-0.2, 0) is 18.0 Å². The molecule has 25 heavy (non-hydrogen) atoms. The Balaban J connectivity index is 2.06. The fraction of sp³-hybridized carbons (Fsp3) is 0.556. The Kier molecular flexibility index (Phi) is 4.90. The first kappa shape index (κ1) is 17.8. The first-order valence-corrected chi connectivity index (χ1v) is 10.9. The summed E-state index contributed by atoms with van der Waals surface area (Å²) in [5.74, 6) is 1.96. The van der Waals surface area contributed by atoms with E-state index in [0.29, 0.717) is 30.3 Å². The van der Waals surface area contributed by atoms with E-state index < -0.39 is 0 Å². The predicted molar refractivity (Wildman–Crippen MR) is 108 cm³/mol. The molecule has 1 aromatic heterocycles. The second-order valence-electron chi connectivity index (χ2n) is 6.75. The molecule has 0 aliphatic carbocycles. The van der Waals surface area contributed by atoms with Gasteiger partial charge in [-0.1, -0.05) is 30.3 Å². The van der Waals surface area contributed by atoms with Gasteiger partial charge in [-0.15, -0.1) is 0 Å². The molecule has 1 fully saturated rings. The van der Waals surface area contributed by atoms with Gasteiger partial charge in [0.15, 0.2) is 5.16 Å². The molecule has 0 amide bonds. The van der Waals surface area contributed by atoms with Gasteiger partial charge >= 0.3 is 0 Å². The molecular formula is C18H21BrClN3OS. The molecule has 1 aromatic carbocycles. The maximum Gasteiger partial charge on any atom is 0.190 e. The van der Waals surface area contributed by atoms with Gasteiger partial charge in [0.25, 0.3) is 0 Å². The Hall–Kier alpha value is -0.560. The molecule has 4 rings (SSSR count). The van der Waals surface area contributed by atoms with E-state index in [-0.39, 0.29) is 0 Å². The van der Waals surface area contributed by atoms with Crippen molar-refractivity contribution in [3.05, 3.63) is 20.6 Å². The molecule has 2 atom stereocenters. The summed E-state index contributed by atoms with van der Waals surface area (Å²) in [7, 11) is 0. The normalized spacial score (nSPS) is 22.8. The molecule has 1 saturated heterocycles. The Morgan fingerprint density at radius 2 is 1.88 bits per heavy atom. The summed E-state index contributed by atoms with van der Waals surface area (Å²) >= 11 is 12.0. The van der Waals surface area contributed by atoms with Crippen LogP contribution in [0.2, 0.25) is 5.02 Å². The molecule has 3 heterocycles. The van der Waals surface area contributed by atoms with Crippen LogP contribution in [-0.4, -0.2) is 27.8 Å². The van der Waals surface area contributed by atoms with Crippen molar-refractivity contribution < 1.29 is 4.74 Å². The van der Waals surface area contributed by atoms with Gasteiger partial charge in [-0.25, -0.2) is 9.97 Å². The van der Waals surface area contributed by atoms with E-state index in [4.69, 9.17) is 26.3 Å². The average Bonchev–Trinajstić information content (AvgIpc) is 3.19. The topological polar surface area (TPSA) is 38.2 Å². The lowest BCUT2D eigenvalue weighted by Gasteiger charge is -2.29. The Labute approximate surface area is 165 Å². The summed E-state index contributed by atoms with van der Waals surface area (Å²) in [5, 5.41) is 2.53. The second kappa shape index (κ2) is 6.87. The first-order chi connectivity index (χ1) is 12.0. The zero-order chi connectivity index (χ0) is 17.7. The number of halogens is 2. The first-order valence-electron chi connectivity index (χ1n) is 8.72. The maximum atomic E-state index is 6.71. The molecule has 0 bridgehead atoms. The largest absolute Gasteiger partial charge is 0.372 e. The summed E-state index contributed by atoms with van der Waals surface area (Å²) in [6.45, 7) is 7.85. The Morgan fingerprint density at radius 1 is 1.20 bits per heavy atom. The van der Waals surface area contributed by atoms with Gasteiger partial charge in [0.05, 0.1) is 29.1 Å². The van der Waals surface area contributed by atoms with Gasteiger partial charge in [-0.2, -0.15) is 0 Å². The van der Waals surface area contributed by atoms with Crippen LogP contribution in [0.4, 0.5) is 5.82 Å². The highest BCUT2D eigenvalue weighted by Gasteiger charge is 2.33. The molecule has 2 unspecified atom stereocenters. The van der Waals surface area contributed by atoms with Gasteiger partial charge < -0.3 is 9.64 Å². The number of benzene rings is 1. The second-order valence-corrected chi connectivity index (χ2v) is 9.15. The average molecular weight is 443 g/mol. The number of anilines is 1. The summed E-state index contributed by atoms with van der Waals surface area (Å²) in [5.41, 5.74) is 3.16. The highest BCUT2D eigenvalue weighted by molar-refractivity contribution is 9.10. The molecule has 4 nitrogen and oxygen atoms in total. The lowest BCUT2D eigenvalue weighted by molar-refractivity contribution is 0.134. The molecule has 0 saturated carbocycles. The fourth-order valence-corrected chi connectivity index (χ4v) is 5.30. The van der Waals surface area contributed by atoms with Crippen LogP contribution in [0.25, 0.3) is 10.9 Å². The molecule has 134 valence electrons. The lowest BCUT2D eigenvalue weighted by Crippen LogP contribution is -2.33. The quantitative estimate of drug-likeness (QED) is 0.459. The number of rotatable bonds is 3. The zero-order valence-corrected chi connectivity index (χ0v) is 17.8. The van der Waals surface area contributed by atoms with E-state index in [2.05, 4.69) is 41.6 Å². The van der Waals surface area contributed by atoms with E-state index in [1.165, 1.54) is 18.4 Å². The third-order valence-electron chi connectivity index (χ3n) is 5.16. The van der Waals surface area contributed by atoms with E-state index in [1.807, 2.05) is 0 Å². The van der Waals surface area contributed by atoms with Crippen molar-refractivity contribution in [1.29, 1.82) is 0 Å². The maximum absolute atomic E-state index is 6.71. The number of nitrogens with zero attached hydrogens (tertiary/aromatic N) is 3. The minimum atomic E-state index is 0.466. The van der Waals surface area contributed by atoms with Gasteiger partial charge in [-0.3, -0.25) is 0 Å². The van der Waals surface area contributed by atoms with Crippen molar-refractivity contribution in [2.45, 2.75) is 64.1 Å². The number of thioether (sulfide) groups is 1. The van der Waals surface area contributed by atoms with Gasteiger partial charge in [0, 0.05) is 16.6 Å². The Morgan fingerprint density at radius 3 is 2.56 bits per heavy atom.